The maximum atomic E-state index is 13.0. The van der Waals surface area contributed by atoms with Crippen molar-refractivity contribution in [2.75, 3.05) is 6.61 Å². The van der Waals surface area contributed by atoms with E-state index in [4.69, 9.17) is 0 Å². The van der Waals surface area contributed by atoms with Crippen LogP contribution in [-0.2, 0) is 0 Å². The highest BCUT2D eigenvalue weighted by atomic mass is 19.1. The van der Waals surface area contributed by atoms with E-state index < -0.39 is 5.95 Å². The maximum absolute atomic E-state index is 13.0. The zero-order valence-corrected chi connectivity index (χ0v) is 8.98. The van der Waals surface area contributed by atoms with Gasteiger partial charge in [0.1, 0.15) is 5.82 Å². The Morgan fingerprint density at radius 2 is 1.76 bits per heavy atom. The lowest BCUT2D eigenvalue weighted by Crippen LogP contribution is -2.06. The van der Waals surface area contributed by atoms with Crippen molar-refractivity contribution in [3.63, 3.8) is 0 Å². The van der Waals surface area contributed by atoms with Gasteiger partial charge in [-0.15, -0.1) is 0 Å². The zero-order chi connectivity index (χ0) is 12.3. The molecule has 0 radical (unpaired) electrons. The molecular formula is C13H11F2NO. The first-order chi connectivity index (χ1) is 8.20. The first kappa shape index (κ1) is 11.7. The maximum Gasteiger partial charge on any atom is 0.213 e. The number of aliphatic hydroxyl groups is 1. The second-order valence-corrected chi connectivity index (χ2v) is 3.70. The average molecular weight is 235 g/mol. The molecule has 0 aliphatic rings. The molecule has 1 atom stereocenters. The molecule has 0 saturated carbocycles. The average Bonchev–Trinajstić information content (AvgIpc) is 2.33. The van der Waals surface area contributed by atoms with Crippen LogP contribution in [0.5, 0.6) is 0 Å². The zero-order valence-electron chi connectivity index (χ0n) is 8.98. The summed E-state index contributed by atoms with van der Waals surface area (Å²) in [4.78, 5) is 3.46. The van der Waals surface area contributed by atoms with E-state index in [-0.39, 0.29) is 18.3 Å². The first-order valence-corrected chi connectivity index (χ1v) is 5.18. The lowest BCUT2D eigenvalue weighted by molar-refractivity contribution is 0.280. The van der Waals surface area contributed by atoms with Crippen LogP contribution in [0.25, 0.3) is 0 Å². The Morgan fingerprint density at radius 3 is 2.35 bits per heavy atom. The highest BCUT2D eigenvalue weighted by Gasteiger charge is 2.13. The summed E-state index contributed by atoms with van der Waals surface area (Å²) in [5.74, 6) is -1.30. The van der Waals surface area contributed by atoms with Crippen molar-refractivity contribution in [1.29, 1.82) is 0 Å². The monoisotopic (exact) mass is 235 g/mol. The van der Waals surface area contributed by atoms with Gasteiger partial charge < -0.3 is 5.11 Å². The number of aromatic nitrogens is 1. The van der Waals surface area contributed by atoms with Crippen molar-refractivity contribution < 1.29 is 13.9 Å². The fourth-order valence-electron chi connectivity index (χ4n) is 1.73. The van der Waals surface area contributed by atoms with Crippen molar-refractivity contribution >= 4 is 0 Å². The predicted molar refractivity (Wildman–Crippen MR) is 59.5 cm³/mol. The van der Waals surface area contributed by atoms with E-state index in [1.807, 2.05) is 0 Å². The van der Waals surface area contributed by atoms with Crippen molar-refractivity contribution in [2.24, 2.45) is 0 Å². The molecule has 1 N–H and O–H groups in total. The summed E-state index contributed by atoms with van der Waals surface area (Å²) >= 11 is 0. The molecule has 0 aliphatic heterocycles. The van der Waals surface area contributed by atoms with E-state index in [2.05, 4.69) is 4.98 Å². The molecule has 88 valence electrons. The highest BCUT2D eigenvalue weighted by Crippen LogP contribution is 2.24. The minimum atomic E-state index is -0.594. The van der Waals surface area contributed by atoms with Gasteiger partial charge >= 0.3 is 0 Å². The SMILES string of the molecule is OCC(c1ccc(F)cc1)c1ccnc(F)c1. The van der Waals surface area contributed by atoms with Gasteiger partial charge in [0.2, 0.25) is 5.95 Å². The Balaban J connectivity index is 2.36. The quantitative estimate of drug-likeness (QED) is 0.829. The van der Waals surface area contributed by atoms with Crippen LogP contribution in [-0.4, -0.2) is 16.7 Å². The third kappa shape index (κ3) is 2.65. The number of pyridine rings is 1. The third-order valence-corrected chi connectivity index (χ3v) is 2.61. The molecule has 1 unspecified atom stereocenters. The van der Waals surface area contributed by atoms with Gasteiger partial charge in [-0.25, -0.2) is 9.37 Å². The Morgan fingerprint density at radius 1 is 1.06 bits per heavy atom. The van der Waals surface area contributed by atoms with Gasteiger partial charge in [0, 0.05) is 12.1 Å². The van der Waals surface area contributed by atoms with E-state index in [0.717, 1.165) is 5.56 Å². The minimum Gasteiger partial charge on any atom is -0.395 e. The van der Waals surface area contributed by atoms with Crippen molar-refractivity contribution in [3.05, 3.63) is 65.5 Å². The van der Waals surface area contributed by atoms with Gasteiger partial charge in [-0.3, -0.25) is 0 Å². The van der Waals surface area contributed by atoms with Gasteiger partial charge in [0.15, 0.2) is 0 Å². The molecule has 0 bridgehead atoms. The Labute approximate surface area is 97.6 Å². The number of aliphatic hydroxyl groups excluding tert-OH is 1. The number of benzene rings is 1. The Kier molecular flexibility index (Phi) is 3.44. The molecule has 0 fully saturated rings. The van der Waals surface area contributed by atoms with E-state index in [0.29, 0.717) is 5.56 Å². The second kappa shape index (κ2) is 5.01. The number of rotatable bonds is 3. The van der Waals surface area contributed by atoms with Crippen LogP contribution in [0.4, 0.5) is 8.78 Å². The summed E-state index contributed by atoms with van der Waals surface area (Å²) in [6, 6.07) is 8.69. The number of hydrogen-bond acceptors (Lipinski definition) is 2. The van der Waals surface area contributed by atoms with Crippen LogP contribution in [0.15, 0.2) is 42.6 Å². The molecule has 1 aromatic carbocycles. The molecule has 0 amide bonds. The van der Waals surface area contributed by atoms with E-state index in [9.17, 15) is 13.9 Å². The van der Waals surface area contributed by atoms with E-state index in [1.54, 1.807) is 18.2 Å². The molecular weight excluding hydrogens is 224 g/mol. The molecule has 0 spiro atoms. The first-order valence-electron chi connectivity index (χ1n) is 5.18. The molecule has 2 nitrogen and oxygen atoms in total. The number of hydrogen-bond donors (Lipinski definition) is 1. The standard InChI is InChI=1S/C13H11F2NO/c14-11-3-1-9(2-4-11)12(8-17)10-5-6-16-13(15)7-10/h1-7,12,17H,8H2. The van der Waals surface area contributed by atoms with Gasteiger partial charge in [-0.05, 0) is 35.4 Å². The number of halogens is 2. The smallest absolute Gasteiger partial charge is 0.213 e. The van der Waals surface area contributed by atoms with Crippen molar-refractivity contribution in [3.8, 4) is 0 Å². The minimum absolute atomic E-state index is 0.172. The molecule has 2 rings (SSSR count). The second-order valence-electron chi connectivity index (χ2n) is 3.70. The predicted octanol–water partition coefficient (Wildman–Crippen LogP) is 2.48. The molecule has 1 aromatic heterocycles. The third-order valence-electron chi connectivity index (χ3n) is 2.61. The van der Waals surface area contributed by atoms with Gasteiger partial charge in [-0.1, -0.05) is 12.1 Å². The van der Waals surface area contributed by atoms with Crippen LogP contribution in [0.1, 0.15) is 17.0 Å². The lowest BCUT2D eigenvalue weighted by atomic mass is 9.93. The summed E-state index contributed by atoms with van der Waals surface area (Å²) in [5, 5.41) is 9.36. The van der Waals surface area contributed by atoms with Crippen molar-refractivity contribution in [2.45, 2.75) is 5.92 Å². The van der Waals surface area contributed by atoms with Crippen LogP contribution in [0.3, 0.4) is 0 Å². The molecule has 2 aromatic rings. The van der Waals surface area contributed by atoms with Crippen LogP contribution >= 0.6 is 0 Å². The molecule has 0 saturated heterocycles. The van der Waals surface area contributed by atoms with E-state index >= 15 is 0 Å². The molecule has 1 heterocycles. The molecule has 4 heteroatoms. The Bertz CT molecular complexity index is 499. The molecule has 17 heavy (non-hydrogen) atoms. The van der Waals surface area contributed by atoms with Crippen LogP contribution < -0.4 is 0 Å². The number of nitrogens with zero attached hydrogens (tertiary/aromatic N) is 1. The summed E-state index contributed by atoms with van der Waals surface area (Å²) in [5.41, 5.74) is 1.35. The summed E-state index contributed by atoms with van der Waals surface area (Å²) in [7, 11) is 0. The summed E-state index contributed by atoms with van der Waals surface area (Å²) in [6.45, 7) is -0.172. The van der Waals surface area contributed by atoms with Crippen LogP contribution in [0.2, 0.25) is 0 Å². The highest BCUT2D eigenvalue weighted by molar-refractivity contribution is 5.31. The summed E-state index contributed by atoms with van der Waals surface area (Å²) < 4.78 is 25.8. The topological polar surface area (TPSA) is 33.1 Å². The fourth-order valence-corrected chi connectivity index (χ4v) is 1.73. The lowest BCUT2D eigenvalue weighted by Gasteiger charge is -2.14. The van der Waals surface area contributed by atoms with Gasteiger partial charge in [0.05, 0.1) is 6.61 Å². The van der Waals surface area contributed by atoms with Crippen molar-refractivity contribution in [1.82, 2.24) is 4.98 Å². The summed E-state index contributed by atoms with van der Waals surface area (Å²) in [6.07, 6.45) is 1.34. The van der Waals surface area contributed by atoms with Gasteiger partial charge in [-0.2, -0.15) is 4.39 Å². The normalized spacial score (nSPS) is 12.4. The van der Waals surface area contributed by atoms with Gasteiger partial charge in [0.25, 0.3) is 0 Å². The molecule has 0 aliphatic carbocycles. The van der Waals surface area contributed by atoms with E-state index in [1.165, 1.54) is 24.4 Å². The Hall–Kier alpha value is -1.81. The largest absolute Gasteiger partial charge is 0.395 e. The van der Waals surface area contributed by atoms with Crippen LogP contribution in [0, 0.1) is 11.8 Å². The fraction of sp³-hybridized carbons (Fsp3) is 0.154.